The third kappa shape index (κ3) is 5.57. The SMILES string of the molecule is C=C(C(=O)OOC)C(CC)CCCCC. The van der Waals surface area contributed by atoms with Crippen LogP contribution in [0.15, 0.2) is 12.2 Å². The molecule has 88 valence electrons. The molecular formula is C12H22O3. The van der Waals surface area contributed by atoms with Gasteiger partial charge in [0, 0.05) is 5.57 Å². The van der Waals surface area contributed by atoms with E-state index in [1.165, 1.54) is 20.0 Å². The average Bonchev–Trinajstić information content (AvgIpc) is 2.24. The van der Waals surface area contributed by atoms with Crippen LogP contribution >= 0.6 is 0 Å². The molecule has 0 saturated heterocycles. The molecule has 0 aliphatic rings. The average molecular weight is 214 g/mol. The molecule has 0 aromatic rings. The van der Waals surface area contributed by atoms with Gasteiger partial charge in [0.05, 0.1) is 7.11 Å². The van der Waals surface area contributed by atoms with Crippen molar-refractivity contribution in [3.8, 4) is 0 Å². The maximum absolute atomic E-state index is 11.3. The molecule has 0 aromatic heterocycles. The minimum atomic E-state index is -0.444. The van der Waals surface area contributed by atoms with Crippen LogP contribution in [0.25, 0.3) is 0 Å². The van der Waals surface area contributed by atoms with Gasteiger partial charge in [-0.05, 0) is 18.8 Å². The Hall–Kier alpha value is -0.830. The van der Waals surface area contributed by atoms with E-state index in [1.807, 2.05) is 0 Å². The summed E-state index contributed by atoms with van der Waals surface area (Å²) in [5, 5.41) is 0. The largest absolute Gasteiger partial charge is 0.368 e. The fraction of sp³-hybridized carbons (Fsp3) is 0.750. The smallest absolute Gasteiger partial charge is 0.293 e. The first-order chi connectivity index (χ1) is 7.17. The van der Waals surface area contributed by atoms with E-state index in [-0.39, 0.29) is 5.92 Å². The number of hydrogen-bond acceptors (Lipinski definition) is 3. The summed E-state index contributed by atoms with van der Waals surface area (Å²) in [6, 6.07) is 0. The van der Waals surface area contributed by atoms with Crippen LogP contribution in [0.5, 0.6) is 0 Å². The molecule has 0 radical (unpaired) electrons. The van der Waals surface area contributed by atoms with Crippen molar-refractivity contribution >= 4 is 5.97 Å². The molecule has 0 heterocycles. The lowest BCUT2D eigenvalue weighted by Gasteiger charge is -2.15. The van der Waals surface area contributed by atoms with Crippen LogP contribution in [0.2, 0.25) is 0 Å². The third-order valence-electron chi connectivity index (χ3n) is 2.56. The number of hydrogen-bond donors (Lipinski definition) is 0. The van der Waals surface area contributed by atoms with Crippen LogP contribution in [0, 0.1) is 5.92 Å². The normalized spacial score (nSPS) is 12.2. The molecule has 15 heavy (non-hydrogen) atoms. The second kappa shape index (κ2) is 8.48. The lowest BCUT2D eigenvalue weighted by atomic mass is 9.92. The van der Waals surface area contributed by atoms with Gasteiger partial charge in [-0.25, -0.2) is 4.79 Å². The zero-order valence-electron chi connectivity index (χ0n) is 10.0. The van der Waals surface area contributed by atoms with Gasteiger partial charge in [0.25, 0.3) is 0 Å². The number of carbonyl (C=O) groups excluding carboxylic acids is 1. The molecular weight excluding hydrogens is 192 g/mol. The molecule has 0 aliphatic heterocycles. The molecule has 0 fully saturated rings. The van der Waals surface area contributed by atoms with Gasteiger partial charge in [0.1, 0.15) is 0 Å². The van der Waals surface area contributed by atoms with Crippen LogP contribution in [-0.4, -0.2) is 13.1 Å². The molecule has 0 aromatic carbocycles. The number of rotatable bonds is 8. The summed E-state index contributed by atoms with van der Waals surface area (Å²) in [4.78, 5) is 20.1. The fourth-order valence-corrected chi connectivity index (χ4v) is 1.56. The van der Waals surface area contributed by atoms with Gasteiger partial charge in [-0.3, -0.25) is 4.89 Å². The van der Waals surface area contributed by atoms with Gasteiger partial charge >= 0.3 is 5.97 Å². The van der Waals surface area contributed by atoms with Crippen molar-refractivity contribution in [2.45, 2.75) is 46.0 Å². The van der Waals surface area contributed by atoms with Crippen molar-refractivity contribution in [3.63, 3.8) is 0 Å². The Kier molecular flexibility index (Phi) is 8.01. The number of carbonyl (C=O) groups is 1. The minimum Gasteiger partial charge on any atom is -0.293 e. The van der Waals surface area contributed by atoms with E-state index < -0.39 is 5.97 Å². The highest BCUT2D eigenvalue weighted by Gasteiger charge is 2.18. The van der Waals surface area contributed by atoms with E-state index in [4.69, 9.17) is 0 Å². The van der Waals surface area contributed by atoms with Crippen LogP contribution in [0.3, 0.4) is 0 Å². The summed E-state index contributed by atoms with van der Waals surface area (Å²) in [5.74, 6) is -0.222. The number of unbranched alkanes of at least 4 members (excludes halogenated alkanes) is 2. The van der Waals surface area contributed by atoms with Gasteiger partial charge in [-0.2, -0.15) is 4.89 Å². The van der Waals surface area contributed by atoms with Crippen molar-refractivity contribution in [1.29, 1.82) is 0 Å². The predicted octanol–water partition coefficient (Wildman–Crippen LogP) is 3.25. The highest BCUT2D eigenvalue weighted by molar-refractivity contribution is 5.87. The Morgan fingerprint density at radius 2 is 2.00 bits per heavy atom. The molecule has 0 N–H and O–H groups in total. The Labute approximate surface area is 92.4 Å². The van der Waals surface area contributed by atoms with E-state index in [9.17, 15) is 4.79 Å². The summed E-state index contributed by atoms with van der Waals surface area (Å²) >= 11 is 0. The molecule has 1 atom stereocenters. The molecule has 1 unspecified atom stereocenters. The summed E-state index contributed by atoms with van der Waals surface area (Å²) in [6.07, 6.45) is 5.44. The zero-order chi connectivity index (χ0) is 11.7. The first-order valence-electron chi connectivity index (χ1n) is 5.61. The van der Waals surface area contributed by atoms with Crippen LogP contribution in [0.1, 0.15) is 46.0 Å². The molecule has 3 nitrogen and oxygen atoms in total. The van der Waals surface area contributed by atoms with E-state index in [2.05, 4.69) is 30.2 Å². The summed E-state index contributed by atoms with van der Waals surface area (Å²) < 4.78 is 0. The minimum absolute atomic E-state index is 0.221. The Morgan fingerprint density at radius 3 is 2.47 bits per heavy atom. The Bertz CT molecular complexity index is 199. The van der Waals surface area contributed by atoms with Crippen molar-refractivity contribution in [1.82, 2.24) is 0 Å². The first kappa shape index (κ1) is 14.2. The molecule has 0 aliphatic carbocycles. The van der Waals surface area contributed by atoms with Crippen molar-refractivity contribution < 1.29 is 14.6 Å². The highest BCUT2D eigenvalue weighted by atomic mass is 17.2. The van der Waals surface area contributed by atoms with Gasteiger partial charge in [-0.15, -0.1) is 0 Å². The first-order valence-corrected chi connectivity index (χ1v) is 5.61. The van der Waals surface area contributed by atoms with Crippen molar-refractivity contribution in [2.24, 2.45) is 5.92 Å². The summed E-state index contributed by atoms with van der Waals surface area (Å²) in [7, 11) is 1.32. The zero-order valence-corrected chi connectivity index (χ0v) is 10.0. The molecule has 3 heteroatoms. The molecule has 0 amide bonds. The third-order valence-corrected chi connectivity index (χ3v) is 2.56. The quantitative estimate of drug-likeness (QED) is 0.269. The van der Waals surface area contributed by atoms with E-state index in [0.717, 1.165) is 19.3 Å². The Balaban J connectivity index is 4.03. The van der Waals surface area contributed by atoms with E-state index >= 15 is 0 Å². The molecule has 0 saturated carbocycles. The maximum atomic E-state index is 11.3. The van der Waals surface area contributed by atoms with Crippen molar-refractivity contribution in [3.05, 3.63) is 12.2 Å². The second-order valence-corrected chi connectivity index (χ2v) is 3.66. The molecule has 0 spiro atoms. The molecule has 0 rings (SSSR count). The fourth-order valence-electron chi connectivity index (χ4n) is 1.56. The van der Waals surface area contributed by atoms with Crippen LogP contribution in [-0.2, 0) is 14.6 Å². The standard InChI is InChI=1S/C12H22O3/c1-5-7-8-9-11(6-2)10(3)12(13)15-14-4/h11H,3,5-9H2,1-2,4H3. The van der Waals surface area contributed by atoms with E-state index in [1.54, 1.807) is 0 Å². The monoisotopic (exact) mass is 214 g/mol. The van der Waals surface area contributed by atoms with Crippen molar-refractivity contribution in [2.75, 3.05) is 7.11 Å². The van der Waals surface area contributed by atoms with Crippen LogP contribution < -0.4 is 0 Å². The van der Waals surface area contributed by atoms with E-state index in [0.29, 0.717) is 5.57 Å². The van der Waals surface area contributed by atoms with Crippen LogP contribution in [0.4, 0.5) is 0 Å². The van der Waals surface area contributed by atoms with Gasteiger partial charge in [0.15, 0.2) is 0 Å². The maximum Gasteiger partial charge on any atom is 0.368 e. The lowest BCUT2D eigenvalue weighted by molar-refractivity contribution is -0.251. The Morgan fingerprint density at radius 1 is 1.33 bits per heavy atom. The predicted molar refractivity (Wildman–Crippen MR) is 60.2 cm³/mol. The second-order valence-electron chi connectivity index (χ2n) is 3.66. The summed E-state index contributed by atoms with van der Waals surface area (Å²) in [5.41, 5.74) is 0.524. The van der Waals surface area contributed by atoms with Gasteiger partial charge in [-0.1, -0.05) is 39.7 Å². The lowest BCUT2D eigenvalue weighted by Crippen LogP contribution is -2.14. The summed E-state index contributed by atoms with van der Waals surface area (Å²) in [6.45, 7) is 7.99. The van der Waals surface area contributed by atoms with Gasteiger partial charge in [0.2, 0.25) is 0 Å². The topological polar surface area (TPSA) is 35.5 Å². The highest BCUT2D eigenvalue weighted by Crippen LogP contribution is 2.21. The van der Waals surface area contributed by atoms with Gasteiger partial charge < -0.3 is 0 Å². The molecule has 0 bridgehead atoms.